The Balaban J connectivity index is 1.83. The molecule has 2 amide bonds. The number of ether oxygens (including phenoxy) is 2. The quantitative estimate of drug-likeness (QED) is 0.259. The smallest absolute Gasteiger partial charge is 0.357 e. The first-order chi connectivity index (χ1) is 19.4. The van der Waals surface area contributed by atoms with Crippen molar-refractivity contribution in [2.45, 2.75) is 24.1 Å². The molecule has 10 nitrogen and oxygen atoms in total. The summed E-state index contributed by atoms with van der Waals surface area (Å²) in [5.41, 5.74) is -1.05. The topological polar surface area (TPSA) is 118 Å². The fourth-order valence-corrected chi connectivity index (χ4v) is 5.81. The van der Waals surface area contributed by atoms with Gasteiger partial charge in [-0.15, -0.1) is 11.6 Å². The number of hydrogen-bond acceptors (Lipinski definition) is 8. The molecule has 16 heteroatoms. The van der Waals surface area contributed by atoms with E-state index in [1.807, 2.05) is 0 Å². The molecule has 41 heavy (non-hydrogen) atoms. The van der Waals surface area contributed by atoms with Gasteiger partial charge in [-0.25, -0.2) is 9.59 Å². The van der Waals surface area contributed by atoms with Crippen LogP contribution < -0.4 is 10.0 Å². The molecular formula is C25H18Cl6N4O6. The van der Waals surface area contributed by atoms with Crippen LogP contribution in [0, 0.1) is 5.92 Å². The molecule has 2 aliphatic heterocycles. The lowest BCUT2D eigenvalue weighted by Gasteiger charge is -2.30. The van der Waals surface area contributed by atoms with E-state index >= 15 is 0 Å². The number of carbonyl (C=O) groups excluding carboxylic acids is 4. The second-order valence-electron chi connectivity index (χ2n) is 8.42. The molecule has 0 bridgehead atoms. The predicted molar refractivity (Wildman–Crippen MR) is 158 cm³/mol. The maximum absolute atomic E-state index is 13.9. The first-order valence-electron chi connectivity index (χ1n) is 11.8. The van der Waals surface area contributed by atoms with Crippen molar-refractivity contribution >= 4 is 116 Å². The average Bonchev–Trinajstić information content (AvgIpc) is 3.38. The molecule has 3 atom stereocenters. The van der Waals surface area contributed by atoms with Crippen molar-refractivity contribution in [3.05, 3.63) is 56.5 Å². The Morgan fingerprint density at radius 1 is 0.878 bits per heavy atom. The number of carbonyl (C=O) groups is 4. The van der Waals surface area contributed by atoms with Crippen molar-refractivity contribution in [3.8, 4) is 0 Å². The normalized spacial score (nSPS) is 21.1. The van der Waals surface area contributed by atoms with E-state index in [9.17, 15) is 19.2 Å². The maximum Gasteiger partial charge on any atom is 0.357 e. The van der Waals surface area contributed by atoms with Crippen molar-refractivity contribution in [1.29, 1.82) is 0 Å². The highest BCUT2D eigenvalue weighted by Crippen LogP contribution is 2.44. The molecule has 0 aromatic heterocycles. The lowest BCUT2D eigenvalue weighted by atomic mass is 9.85. The van der Waals surface area contributed by atoms with Gasteiger partial charge in [-0.2, -0.15) is 20.2 Å². The minimum Gasteiger partial charge on any atom is -0.461 e. The summed E-state index contributed by atoms with van der Waals surface area (Å²) in [5, 5.41) is 8.52. The third kappa shape index (κ3) is 5.61. The Kier molecular flexibility index (Phi) is 9.42. The van der Waals surface area contributed by atoms with E-state index in [1.165, 1.54) is 43.3 Å². The van der Waals surface area contributed by atoms with Gasteiger partial charge in [-0.1, -0.05) is 58.0 Å². The van der Waals surface area contributed by atoms with Crippen LogP contribution >= 0.6 is 69.6 Å². The molecule has 0 spiro atoms. The van der Waals surface area contributed by atoms with Gasteiger partial charge in [0, 0.05) is 10.0 Å². The zero-order valence-electron chi connectivity index (χ0n) is 21.0. The fourth-order valence-electron chi connectivity index (χ4n) is 4.09. The summed E-state index contributed by atoms with van der Waals surface area (Å²) in [7, 11) is 0. The van der Waals surface area contributed by atoms with E-state index in [0.717, 1.165) is 10.0 Å². The zero-order valence-corrected chi connectivity index (χ0v) is 25.6. The van der Waals surface area contributed by atoms with Gasteiger partial charge >= 0.3 is 11.9 Å². The minimum atomic E-state index is -2.54. The Morgan fingerprint density at radius 2 is 1.39 bits per heavy atom. The second kappa shape index (κ2) is 12.3. The SMILES string of the molecule is CCOC(=O)C1=NN(c2ccc(Cl)cc2Cl)C(=O)[C@@H]1[C@H](Cl)[C@@]1(Cl)C(=O)N(c2ccc(Cl)cc2Cl)N=C1C(=O)OCC. The lowest BCUT2D eigenvalue weighted by Crippen LogP contribution is -2.56. The monoisotopic (exact) mass is 680 g/mol. The molecule has 2 heterocycles. The molecule has 0 radical (unpaired) electrons. The number of nitrogens with zero attached hydrogens (tertiary/aromatic N) is 4. The predicted octanol–water partition coefficient (Wildman–Crippen LogP) is 5.73. The summed E-state index contributed by atoms with van der Waals surface area (Å²) in [6.45, 7) is 2.89. The van der Waals surface area contributed by atoms with Crippen molar-refractivity contribution in [2.24, 2.45) is 16.1 Å². The van der Waals surface area contributed by atoms with E-state index in [2.05, 4.69) is 10.2 Å². The molecule has 2 aromatic rings. The average molecular weight is 683 g/mol. The molecule has 0 N–H and O–H groups in total. The Labute approximate surface area is 263 Å². The van der Waals surface area contributed by atoms with Crippen LogP contribution in [0.25, 0.3) is 0 Å². The lowest BCUT2D eigenvalue weighted by molar-refractivity contribution is -0.136. The number of esters is 2. The molecule has 0 unspecified atom stereocenters. The van der Waals surface area contributed by atoms with Gasteiger partial charge in [0.05, 0.1) is 40.0 Å². The standard InChI is InChI=1S/C25H18Cl6N4O6/c1-3-40-22(37)18-17(21(36)34(32-18)15-7-5-11(26)9-13(15)28)19(30)25(31)20(23(38)41-4-2)33-35(24(25)39)16-8-6-12(27)10-14(16)29/h5-10,17,19H,3-4H2,1-2H3/t17-,19-,25-/m0/s1. The highest BCUT2D eigenvalue weighted by Gasteiger charge is 2.64. The number of benzene rings is 2. The third-order valence-corrected chi connectivity index (χ3v) is 8.27. The van der Waals surface area contributed by atoms with Gasteiger partial charge in [0.2, 0.25) is 0 Å². The molecule has 0 saturated carbocycles. The van der Waals surface area contributed by atoms with Crippen LogP contribution in [0.2, 0.25) is 20.1 Å². The van der Waals surface area contributed by atoms with E-state index in [0.29, 0.717) is 0 Å². The van der Waals surface area contributed by atoms with Crippen molar-refractivity contribution in [1.82, 2.24) is 0 Å². The zero-order chi connectivity index (χ0) is 30.2. The van der Waals surface area contributed by atoms with E-state index in [4.69, 9.17) is 79.1 Å². The van der Waals surface area contributed by atoms with Gasteiger partial charge in [-0.05, 0) is 50.2 Å². The van der Waals surface area contributed by atoms with Crippen molar-refractivity contribution in [3.63, 3.8) is 0 Å². The van der Waals surface area contributed by atoms with Crippen LogP contribution in [0.4, 0.5) is 11.4 Å². The van der Waals surface area contributed by atoms with Gasteiger partial charge in [0.25, 0.3) is 11.8 Å². The van der Waals surface area contributed by atoms with E-state index in [1.54, 1.807) is 6.92 Å². The number of anilines is 2. The van der Waals surface area contributed by atoms with Crippen molar-refractivity contribution in [2.75, 3.05) is 23.2 Å². The minimum absolute atomic E-state index is 0.000814. The summed E-state index contributed by atoms with van der Waals surface area (Å²) in [6, 6.07) is 8.35. The van der Waals surface area contributed by atoms with Gasteiger partial charge in [-0.3, -0.25) is 9.59 Å². The summed E-state index contributed by atoms with van der Waals surface area (Å²) in [6.07, 6.45) is 0. The number of halogens is 6. The van der Waals surface area contributed by atoms with Crippen LogP contribution in [-0.2, 0) is 28.7 Å². The summed E-state index contributed by atoms with van der Waals surface area (Å²) < 4.78 is 10.2. The number of hydrogen-bond donors (Lipinski definition) is 0. The molecule has 0 fully saturated rings. The molecule has 216 valence electrons. The molecular weight excluding hydrogens is 665 g/mol. The summed E-state index contributed by atoms with van der Waals surface area (Å²) >= 11 is 38.3. The maximum atomic E-state index is 13.9. The Bertz CT molecular complexity index is 1520. The Morgan fingerprint density at radius 3 is 1.90 bits per heavy atom. The van der Waals surface area contributed by atoms with Crippen LogP contribution in [0.1, 0.15) is 13.8 Å². The van der Waals surface area contributed by atoms with Crippen LogP contribution in [0.5, 0.6) is 0 Å². The van der Waals surface area contributed by atoms with E-state index < -0.39 is 51.3 Å². The van der Waals surface area contributed by atoms with Crippen molar-refractivity contribution < 1.29 is 28.7 Å². The Hall–Kier alpha value is -2.60. The number of alkyl halides is 2. The van der Waals surface area contributed by atoms with Gasteiger partial charge in [0.1, 0.15) is 5.92 Å². The molecule has 0 saturated heterocycles. The molecule has 4 rings (SSSR count). The highest BCUT2D eigenvalue weighted by atomic mass is 35.5. The summed E-state index contributed by atoms with van der Waals surface area (Å²) in [4.78, 5) is 51.2. The third-order valence-electron chi connectivity index (χ3n) is 5.93. The number of rotatable bonds is 8. The van der Waals surface area contributed by atoms with Gasteiger partial charge in [0.15, 0.2) is 16.3 Å². The highest BCUT2D eigenvalue weighted by molar-refractivity contribution is 6.66. The first kappa shape index (κ1) is 31.3. The molecule has 0 aliphatic carbocycles. The van der Waals surface area contributed by atoms with Crippen LogP contribution in [0.15, 0.2) is 46.6 Å². The second-order valence-corrected chi connectivity index (χ2v) is 11.2. The molecule has 2 aromatic carbocycles. The van der Waals surface area contributed by atoms with Crippen LogP contribution in [-0.4, -0.2) is 58.6 Å². The molecule has 2 aliphatic rings. The van der Waals surface area contributed by atoms with Gasteiger partial charge < -0.3 is 9.47 Å². The first-order valence-corrected chi connectivity index (χ1v) is 14.1. The summed E-state index contributed by atoms with van der Waals surface area (Å²) in [5.74, 6) is -5.75. The van der Waals surface area contributed by atoms with Crippen LogP contribution in [0.3, 0.4) is 0 Å². The number of amides is 2. The van der Waals surface area contributed by atoms with E-state index in [-0.39, 0.29) is 44.7 Å². The number of hydrazone groups is 2. The fraction of sp³-hybridized carbons (Fsp3) is 0.280. The largest absolute Gasteiger partial charge is 0.461 e.